The van der Waals surface area contributed by atoms with Gasteiger partial charge in [0.1, 0.15) is 0 Å². The smallest absolute Gasteiger partial charge is 0.315 e. The predicted molar refractivity (Wildman–Crippen MR) is 82.2 cm³/mol. The lowest BCUT2D eigenvalue weighted by molar-refractivity contribution is -0.108. The number of urea groups is 1. The molecule has 0 radical (unpaired) electrons. The maximum absolute atomic E-state index is 12.2. The number of nitrogens with zero attached hydrogens (tertiary/aromatic N) is 1. The fourth-order valence-electron chi connectivity index (χ4n) is 4.04. The van der Waals surface area contributed by atoms with Crippen molar-refractivity contribution in [2.45, 2.75) is 64.3 Å². The Hall–Kier alpha value is -0.810. The summed E-state index contributed by atoms with van der Waals surface area (Å²) in [5.41, 5.74) is 0.0505. The van der Waals surface area contributed by atoms with Crippen molar-refractivity contribution in [2.24, 2.45) is 11.3 Å². The molecule has 3 aliphatic rings. The zero-order chi connectivity index (χ0) is 15.2. The van der Waals surface area contributed by atoms with Crippen LogP contribution in [0.4, 0.5) is 4.79 Å². The number of amides is 2. The first-order valence-electron chi connectivity index (χ1n) is 8.29. The number of carbonyl (C=O) groups is 1. The van der Waals surface area contributed by atoms with Crippen molar-refractivity contribution >= 4 is 6.03 Å². The minimum Gasteiger partial charge on any atom is -0.377 e. The summed E-state index contributed by atoms with van der Waals surface area (Å²) in [7, 11) is 2.15. The Morgan fingerprint density at radius 2 is 2.10 bits per heavy atom. The Kier molecular flexibility index (Phi) is 3.91. The number of likely N-dealkylation sites (N-methyl/N-ethyl adjacent to an activating group) is 1. The van der Waals surface area contributed by atoms with Gasteiger partial charge in [-0.15, -0.1) is 0 Å². The third kappa shape index (κ3) is 2.78. The molecule has 5 nitrogen and oxygen atoms in total. The topological polar surface area (TPSA) is 53.6 Å². The van der Waals surface area contributed by atoms with E-state index < -0.39 is 0 Å². The van der Waals surface area contributed by atoms with Gasteiger partial charge in [0.25, 0.3) is 0 Å². The number of fused-ring (bicyclic) bond motifs is 1. The van der Waals surface area contributed by atoms with Crippen LogP contribution in [0.5, 0.6) is 0 Å². The highest BCUT2D eigenvalue weighted by molar-refractivity contribution is 5.74. The summed E-state index contributed by atoms with van der Waals surface area (Å²) in [4.78, 5) is 14.5. The van der Waals surface area contributed by atoms with Crippen LogP contribution in [0.15, 0.2) is 0 Å². The number of ether oxygens (including phenoxy) is 1. The summed E-state index contributed by atoms with van der Waals surface area (Å²) in [6.07, 6.45) is 3.99. The molecule has 0 aromatic heterocycles. The minimum absolute atomic E-state index is 0.0329. The fraction of sp³-hybridized carbons (Fsp3) is 0.938. The van der Waals surface area contributed by atoms with Gasteiger partial charge in [-0.05, 0) is 33.2 Å². The van der Waals surface area contributed by atoms with E-state index in [1.54, 1.807) is 0 Å². The van der Waals surface area contributed by atoms with Crippen molar-refractivity contribution in [1.29, 1.82) is 0 Å². The second kappa shape index (κ2) is 5.43. The third-order valence-electron chi connectivity index (χ3n) is 5.76. The molecule has 4 atom stereocenters. The lowest BCUT2D eigenvalue weighted by Crippen LogP contribution is -2.67. The van der Waals surface area contributed by atoms with Crippen molar-refractivity contribution < 1.29 is 9.53 Å². The molecule has 0 aromatic carbocycles. The monoisotopic (exact) mass is 295 g/mol. The van der Waals surface area contributed by atoms with Crippen LogP contribution in [-0.4, -0.2) is 55.4 Å². The summed E-state index contributed by atoms with van der Waals surface area (Å²) < 4.78 is 5.76. The molecule has 21 heavy (non-hydrogen) atoms. The second-order valence-corrected chi connectivity index (χ2v) is 7.64. The Morgan fingerprint density at radius 3 is 2.76 bits per heavy atom. The molecule has 1 saturated heterocycles. The summed E-state index contributed by atoms with van der Waals surface area (Å²) in [6.45, 7) is 8.09. The molecule has 2 aliphatic carbocycles. The summed E-state index contributed by atoms with van der Waals surface area (Å²) in [5, 5.41) is 6.20. The van der Waals surface area contributed by atoms with E-state index in [0.717, 1.165) is 19.1 Å². The van der Waals surface area contributed by atoms with Crippen LogP contribution in [0.25, 0.3) is 0 Å². The molecule has 2 N–H and O–H groups in total. The molecular formula is C16H29N3O2. The van der Waals surface area contributed by atoms with Crippen molar-refractivity contribution in [3.8, 4) is 0 Å². The van der Waals surface area contributed by atoms with Gasteiger partial charge in [0.15, 0.2) is 0 Å². The number of hydrogen-bond donors (Lipinski definition) is 2. The average molecular weight is 295 g/mol. The van der Waals surface area contributed by atoms with Crippen LogP contribution in [0.3, 0.4) is 0 Å². The maximum Gasteiger partial charge on any atom is 0.315 e. The number of hydrogen-bond acceptors (Lipinski definition) is 3. The molecule has 0 aromatic rings. The van der Waals surface area contributed by atoms with Crippen LogP contribution in [-0.2, 0) is 4.74 Å². The predicted octanol–water partition coefficient (Wildman–Crippen LogP) is 1.58. The number of rotatable bonds is 5. The molecule has 5 heteroatoms. The quantitative estimate of drug-likeness (QED) is 0.810. The molecule has 0 unspecified atom stereocenters. The lowest BCUT2D eigenvalue weighted by atomic mass is 9.57. The van der Waals surface area contributed by atoms with Crippen LogP contribution in [0.1, 0.15) is 40.0 Å². The third-order valence-corrected chi connectivity index (χ3v) is 5.76. The second-order valence-electron chi connectivity index (χ2n) is 7.64. The van der Waals surface area contributed by atoms with E-state index in [-0.39, 0.29) is 17.5 Å². The highest BCUT2D eigenvalue weighted by atomic mass is 16.5. The molecule has 3 rings (SSSR count). The van der Waals surface area contributed by atoms with Crippen molar-refractivity contribution in [3.05, 3.63) is 0 Å². The average Bonchev–Trinajstić information content (AvgIpc) is 3.19. The van der Waals surface area contributed by atoms with Gasteiger partial charge >= 0.3 is 6.03 Å². The molecular weight excluding hydrogens is 266 g/mol. The molecule has 120 valence electrons. The van der Waals surface area contributed by atoms with Gasteiger partial charge in [-0.25, -0.2) is 4.79 Å². The summed E-state index contributed by atoms with van der Waals surface area (Å²) >= 11 is 0. The van der Waals surface area contributed by atoms with Crippen LogP contribution >= 0.6 is 0 Å². The molecule has 3 fully saturated rings. The van der Waals surface area contributed by atoms with Gasteiger partial charge in [-0.3, -0.25) is 4.90 Å². The van der Waals surface area contributed by atoms with Gasteiger partial charge in [-0.2, -0.15) is 0 Å². The molecule has 2 saturated carbocycles. The van der Waals surface area contributed by atoms with Gasteiger partial charge in [0, 0.05) is 42.6 Å². The molecule has 2 amide bonds. The van der Waals surface area contributed by atoms with Gasteiger partial charge < -0.3 is 15.4 Å². The Labute approximate surface area is 127 Å². The zero-order valence-electron chi connectivity index (χ0n) is 13.7. The maximum atomic E-state index is 12.2. The van der Waals surface area contributed by atoms with Crippen molar-refractivity contribution in [1.82, 2.24) is 15.5 Å². The van der Waals surface area contributed by atoms with E-state index in [9.17, 15) is 4.79 Å². The molecule has 1 heterocycles. The first-order chi connectivity index (χ1) is 9.91. The van der Waals surface area contributed by atoms with Gasteiger partial charge in [-0.1, -0.05) is 13.8 Å². The first-order valence-corrected chi connectivity index (χ1v) is 8.29. The first kappa shape index (κ1) is 15.1. The zero-order valence-corrected chi connectivity index (χ0v) is 13.7. The highest BCUT2D eigenvalue weighted by Gasteiger charge is 2.59. The SMILES string of the molecule is C[C@H](CNC(=O)N[C@@H]1[C@H]2CCO[C@H]2C1(C)C)N(C)C1CC1. The van der Waals surface area contributed by atoms with E-state index in [0.29, 0.717) is 24.6 Å². The highest BCUT2D eigenvalue weighted by Crippen LogP contribution is 2.52. The summed E-state index contributed by atoms with van der Waals surface area (Å²) in [5.74, 6) is 0.498. The minimum atomic E-state index is -0.0329. The van der Waals surface area contributed by atoms with E-state index in [1.165, 1.54) is 12.8 Å². The van der Waals surface area contributed by atoms with E-state index in [2.05, 4.69) is 43.4 Å². The standard InChI is InChI=1S/C16H29N3O2/c1-10(19(4)11-5-6-11)9-17-15(20)18-13-12-7-8-21-14(12)16(13,2)3/h10-14H,5-9H2,1-4H3,(H2,17,18,20)/t10-,12-,13-,14-/m1/s1. The van der Waals surface area contributed by atoms with Gasteiger partial charge in [0.05, 0.1) is 6.10 Å². The van der Waals surface area contributed by atoms with Crippen molar-refractivity contribution in [3.63, 3.8) is 0 Å². The Morgan fingerprint density at radius 1 is 1.38 bits per heavy atom. The fourth-order valence-corrected chi connectivity index (χ4v) is 4.04. The van der Waals surface area contributed by atoms with Crippen LogP contribution in [0, 0.1) is 11.3 Å². The summed E-state index contributed by atoms with van der Waals surface area (Å²) in [6, 6.07) is 1.32. The number of nitrogens with one attached hydrogen (secondary N) is 2. The molecule has 0 spiro atoms. The van der Waals surface area contributed by atoms with Crippen molar-refractivity contribution in [2.75, 3.05) is 20.2 Å². The van der Waals surface area contributed by atoms with Crippen LogP contribution < -0.4 is 10.6 Å². The normalized spacial score (nSPS) is 35.0. The van der Waals surface area contributed by atoms with Crippen LogP contribution in [0.2, 0.25) is 0 Å². The van der Waals surface area contributed by atoms with E-state index >= 15 is 0 Å². The Balaban J connectivity index is 1.44. The Bertz CT molecular complexity index is 408. The van der Waals surface area contributed by atoms with E-state index in [1.807, 2.05) is 0 Å². The van der Waals surface area contributed by atoms with Gasteiger partial charge in [0.2, 0.25) is 0 Å². The number of carbonyl (C=O) groups excluding carboxylic acids is 1. The molecule has 1 aliphatic heterocycles. The lowest BCUT2D eigenvalue weighted by Gasteiger charge is -2.54. The molecule has 0 bridgehead atoms. The largest absolute Gasteiger partial charge is 0.377 e. The van der Waals surface area contributed by atoms with E-state index in [4.69, 9.17) is 4.74 Å².